The number of hydrogen-bond acceptors (Lipinski definition) is 1. The van der Waals surface area contributed by atoms with Crippen LogP contribution in [-0.4, -0.2) is 41.0 Å². The molecule has 0 N–H and O–H groups in total. The van der Waals surface area contributed by atoms with E-state index in [2.05, 4.69) is 30.6 Å². The molecule has 2 fully saturated rings. The van der Waals surface area contributed by atoms with Crippen LogP contribution in [0.1, 0.15) is 52.9 Å². The van der Waals surface area contributed by atoms with Crippen molar-refractivity contribution in [3.63, 3.8) is 0 Å². The van der Waals surface area contributed by atoms with Crippen molar-refractivity contribution in [1.29, 1.82) is 0 Å². The topological polar surface area (TPSA) is 23.6 Å². The molecule has 3 unspecified atom stereocenters. The number of rotatable bonds is 1. The fourth-order valence-corrected chi connectivity index (χ4v) is 3.34. The predicted molar refractivity (Wildman–Crippen MR) is 70.0 cm³/mol. The molecule has 0 aromatic heterocycles. The summed E-state index contributed by atoms with van der Waals surface area (Å²) in [5.41, 5.74) is 0. The Morgan fingerprint density at radius 3 is 2.65 bits per heavy atom. The molecule has 0 spiro atoms. The van der Waals surface area contributed by atoms with Crippen LogP contribution in [0.4, 0.5) is 4.79 Å². The van der Waals surface area contributed by atoms with E-state index in [1.54, 1.807) is 0 Å². The summed E-state index contributed by atoms with van der Waals surface area (Å²) in [6, 6.07) is 1.22. The summed E-state index contributed by atoms with van der Waals surface area (Å²) in [6.45, 7) is 8.56. The van der Waals surface area contributed by atoms with Gasteiger partial charge in [-0.1, -0.05) is 13.8 Å². The molecule has 2 aliphatic heterocycles. The van der Waals surface area contributed by atoms with Gasteiger partial charge in [0.2, 0.25) is 0 Å². The highest BCUT2D eigenvalue weighted by molar-refractivity contribution is 5.75. The van der Waals surface area contributed by atoms with Crippen molar-refractivity contribution in [2.45, 2.75) is 65.0 Å². The van der Waals surface area contributed by atoms with Gasteiger partial charge in [-0.05, 0) is 44.9 Å². The molecule has 0 aliphatic carbocycles. The molecular formula is C14H26N2O. The maximum Gasteiger partial charge on any atom is 0.320 e. The van der Waals surface area contributed by atoms with Crippen LogP contribution in [0.2, 0.25) is 0 Å². The van der Waals surface area contributed by atoms with Crippen molar-refractivity contribution >= 4 is 6.03 Å². The van der Waals surface area contributed by atoms with E-state index in [0.717, 1.165) is 19.5 Å². The van der Waals surface area contributed by atoms with Crippen LogP contribution in [0.25, 0.3) is 0 Å². The minimum absolute atomic E-state index is 0.299. The molecule has 0 bridgehead atoms. The first-order valence-electron chi connectivity index (χ1n) is 7.20. The minimum Gasteiger partial charge on any atom is -0.324 e. The van der Waals surface area contributed by atoms with Gasteiger partial charge in [-0.25, -0.2) is 4.79 Å². The van der Waals surface area contributed by atoms with Crippen LogP contribution >= 0.6 is 0 Å². The maximum absolute atomic E-state index is 12.6. The summed E-state index contributed by atoms with van der Waals surface area (Å²) in [5.74, 6) is 0.672. The Labute approximate surface area is 105 Å². The number of piperidine rings is 1. The molecule has 0 saturated carbocycles. The summed E-state index contributed by atoms with van der Waals surface area (Å²) in [4.78, 5) is 16.8. The van der Waals surface area contributed by atoms with Gasteiger partial charge in [-0.2, -0.15) is 0 Å². The fraction of sp³-hybridized carbons (Fsp3) is 0.929. The first-order chi connectivity index (χ1) is 8.13. The lowest BCUT2D eigenvalue weighted by molar-refractivity contribution is 0.114. The normalized spacial score (nSPS) is 34.2. The number of carbonyl (C=O) groups is 1. The molecule has 3 nitrogen and oxygen atoms in total. The molecule has 2 amide bonds. The average molecular weight is 238 g/mol. The highest BCUT2D eigenvalue weighted by Gasteiger charge is 2.36. The van der Waals surface area contributed by atoms with Gasteiger partial charge in [0, 0.05) is 25.2 Å². The monoisotopic (exact) mass is 238 g/mol. The van der Waals surface area contributed by atoms with E-state index < -0.39 is 0 Å². The molecule has 98 valence electrons. The summed E-state index contributed by atoms with van der Waals surface area (Å²) in [7, 11) is 0. The van der Waals surface area contributed by atoms with Crippen LogP contribution in [0.3, 0.4) is 0 Å². The lowest BCUT2D eigenvalue weighted by Gasteiger charge is -2.37. The zero-order valence-electron chi connectivity index (χ0n) is 11.5. The quantitative estimate of drug-likeness (QED) is 0.688. The number of amides is 2. The number of hydrogen-bond donors (Lipinski definition) is 0. The second-order valence-corrected chi connectivity index (χ2v) is 5.87. The van der Waals surface area contributed by atoms with Gasteiger partial charge in [0.15, 0.2) is 0 Å². The number of nitrogens with zero attached hydrogens (tertiary/aromatic N) is 2. The molecule has 2 heterocycles. The minimum atomic E-state index is 0.299. The SMILES string of the molecule is CCC1CCC(C)N1C(=O)N1CCCC(C)C1. The van der Waals surface area contributed by atoms with E-state index in [1.165, 1.54) is 25.7 Å². The molecule has 3 atom stereocenters. The van der Waals surface area contributed by atoms with Gasteiger partial charge < -0.3 is 9.80 Å². The zero-order chi connectivity index (χ0) is 12.4. The molecule has 0 radical (unpaired) electrons. The third kappa shape index (κ3) is 2.58. The number of likely N-dealkylation sites (tertiary alicyclic amines) is 2. The first kappa shape index (κ1) is 12.7. The molecule has 2 saturated heterocycles. The number of carbonyl (C=O) groups excluding carboxylic acids is 1. The van der Waals surface area contributed by atoms with Crippen LogP contribution in [-0.2, 0) is 0 Å². The summed E-state index contributed by atoms with van der Waals surface area (Å²) in [6.07, 6.45) is 5.91. The second-order valence-electron chi connectivity index (χ2n) is 5.87. The van der Waals surface area contributed by atoms with E-state index in [1.807, 2.05) is 0 Å². The molecular weight excluding hydrogens is 212 g/mol. The molecule has 3 heteroatoms. The van der Waals surface area contributed by atoms with Gasteiger partial charge in [-0.15, -0.1) is 0 Å². The average Bonchev–Trinajstić information content (AvgIpc) is 2.69. The predicted octanol–water partition coefficient (Wildman–Crippen LogP) is 3.10. The standard InChI is InChI=1S/C14H26N2O/c1-4-13-8-7-12(3)16(13)14(17)15-9-5-6-11(2)10-15/h11-13H,4-10H2,1-3H3. The van der Waals surface area contributed by atoms with Crippen LogP contribution in [0, 0.1) is 5.92 Å². The van der Waals surface area contributed by atoms with Crippen LogP contribution in [0.5, 0.6) is 0 Å². The highest BCUT2D eigenvalue weighted by Crippen LogP contribution is 2.28. The van der Waals surface area contributed by atoms with Crippen LogP contribution in [0.15, 0.2) is 0 Å². The van der Waals surface area contributed by atoms with Crippen molar-refractivity contribution in [3.8, 4) is 0 Å². The Morgan fingerprint density at radius 1 is 1.24 bits per heavy atom. The smallest absolute Gasteiger partial charge is 0.320 e. The molecule has 17 heavy (non-hydrogen) atoms. The van der Waals surface area contributed by atoms with Gasteiger partial charge >= 0.3 is 6.03 Å². The largest absolute Gasteiger partial charge is 0.324 e. The highest BCUT2D eigenvalue weighted by atomic mass is 16.2. The van der Waals surface area contributed by atoms with E-state index >= 15 is 0 Å². The molecule has 0 aromatic carbocycles. The van der Waals surface area contributed by atoms with Crippen molar-refractivity contribution in [3.05, 3.63) is 0 Å². The lowest BCUT2D eigenvalue weighted by Crippen LogP contribution is -2.50. The Morgan fingerprint density at radius 2 is 2.00 bits per heavy atom. The zero-order valence-corrected chi connectivity index (χ0v) is 11.5. The third-order valence-electron chi connectivity index (χ3n) is 4.41. The first-order valence-corrected chi connectivity index (χ1v) is 7.20. The van der Waals surface area contributed by atoms with Gasteiger partial charge in [0.25, 0.3) is 0 Å². The van der Waals surface area contributed by atoms with Crippen molar-refractivity contribution in [2.75, 3.05) is 13.1 Å². The third-order valence-corrected chi connectivity index (χ3v) is 4.41. The Hall–Kier alpha value is -0.730. The Kier molecular flexibility index (Phi) is 3.95. The number of urea groups is 1. The fourth-order valence-electron chi connectivity index (χ4n) is 3.34. The van der Waals surface area contributed by atoms with E-state index in [9.17, 15) is 4.79 Å². The molecule has 2 rings (SSSR count). The second kappa shape index (κ2) is 5.28. The Bertz CT molecular complexity index is 279. The molecule has 0 aromatic rings. The van der Waals surface area contributed by atoms with Crippen molar-refractivity contribution in [2.24, 2.45) is 5.92 Å². The van der Waals surface area contributed by atoms with E-state index in [4.69, 9.17) is 0 Å². The van der Waals surface area contributed by atoms with Gasteiger partial charge in [-0.3, -0.25) is 0 Å². The summed E-state index contributed by atoms with van der Waals surface area (Å²) in [5, 5.41) is 0. The summed E-state index contributed by atoms with van der Waals surface area (Å²) >= 11 is 0. The maximum atomic E-state index is 12.6. The van der Waals surface area contributed by atoms with E-state index in [-0.39, 0.29) is 0 Å². The Balaban J connectivity index is 2.02. The van der Waals surface area contributed by atoms with Crippen molar-refractivity contribution < 1.29 is 4.79 Å². The van der Waals surface area contributed by atoms with E-state index in [0.29, 0.717) is 24.0 Å². The van der Waals surface area contributed by atoms with Crippen molar-refractivity contribution in [1.82, 2.24) is 9.80 Å². The summed E-state index contributed by atoms with van der Waals surface area (Å²) < 4.78 is 0. The van der Waals surface area contributed by atoms with Gasteiger partial charge in [0.1, 0.15) is 0 Å². The van der Waals surface area contributed by atoms with Gasteiger partial charge in [0.05, 0.1) is 0 Å². The molecule has 2 aliphatic rings. The lowest BCUT2D eigenvalue weighted by atomic mass is 10.0. The van der Waals surface area contributed by atoms with Crippen LogP contribution < -0.4 is 0 Å².